The molecule has 1 aromatic heterocycles. The third kappa shape index (κ3) is 2.76. The Labute approximate surface area is 111 Å². The Balaban J connectivity index is 2.30. The third-order valence-electron chi connectivity index (χ3n) is 2.66. The molecule has 2 aromatic rings. The topological polar surface area (TPSA) is 42.1 Å². The maximum absolute atomic E-state index is 11.4. The van der Waals surface area contributed by atoms with Crippen LogP contribution in [0.4, 0.5) is 0 Å². The summed E-state index contributed by atoms with van der Waals surface area (Å²) in [6.07, 6.45) is 5.08. The fourth-order valence-electron chi connectivity index (χ4n) is 1.76. The van der Waals surface area contributed by atoms with Crippen LogP contribution in [0, 0.1) is 0 Å². The molecule has 0 atom stereocenters. The number of esters is 1. The normalized spacial score (nSPS) is 11.2. The lowest BCUT2D eigenvalue weighted by Crippen LogP contribution is -2.00. The predicted molar refractivity (Wildman–Crippen MR) is 77.1 cm³/mol. The number of benzene rings is 1. The molecule has 2 rings (SSSR count). The number of ether oxygens (including phenoxy) is 1. The Morgan fingerprint density at radius 3 is 3.00 bits per heavy atom. The zero-order valence-electron chi connectivity index (χ0n) is 10.1. The number of methoxy groups -OCH3 is 1. The first-order valence-electron chi connectivity index (χ1n) is 5.73. The first kappa shape index (κ1) is 12.8. The average molecular weight is 261 g/mol. The van der Waals surface area contributed by atoms with Crippen LogP contribution in [0.15, 0.2) is 30.3 Å². The van der Waals surface area contributed by atoms with Gasteiger partial charge in [-0.05, 0) is 29.9 Å². The fraction of sp³-hybridized carbons (Fsp3) is 0.214. The summed E-state index contributed by atoms with van der Waals surface area (Å²) in [5.41, 5.74) is 2.51. The molecule has 0 aliphatic carbocycles. The third-order valence-corrected chi connectivity index (χ3v) is 2.92. The van der Waals surface area contributed by atoms with Crippen molar-refractivity contribution < 1.29 is 9.53 Å². The van der Waals surface area contributed by atoms with Gasteiger partial charge in [-0.15, -0.1) is 0 Å². The molecule has 18 heavy (non-hydrogen) atoms. The van der Waals surface area contributed by atoms with Crippen molar-refractivity contribution in [3.8, 4) is 0 Å². The van der Waals surface area contributed by atoms with Crippen molar-refractivity contribution >= 4 is 35.6 Å². The van der Waals surface area contributed by atoms with E-state index in [-0.39, 0.29) is 5.97 Å². The first-order chi connectivity index (χ1) is 8.74. The molecular formula is C14H15NO2S. The highest BCUT2D eigenvalue weighted by Crippen LogP contribution is 2.18. The van der Waals surface area contributed by atoms with Crippen LogP contribution in [0.5, 0.6) is 0 Å². The minimum Gasteiger partial charge on any atom is -0.464 e. The van der Waals surface area contributed by atoms with Crippen LogP contribution in [0.25, 0.3) is 17.0 Å². The molecule has 3 nitrogen and oxygen atoms in total. The number of carbonyl (C=O) groups is 1. The summed E-state index contributed by atoms with van der Waals surface area (Å²) in [4.78, 5) is 14.5. The second kappa shape index (κ2) is 5.78. The van der Waals surface area contributed by atoms with Crippen LogP contribution in [-0.2, 0) is 4.74 Å². The minimum absolute atomic E-state index is 0.349. The van der Waals surface area contributed by atoms with Gasteiger partial charge in [-0.1, -0.05) is 24.3 Å². The summed E-state index contributed by atoms with van der Waals surface area (Å²) in [5.74, 6) is 0.492. The largest absolute Gasteiger partial charge is 0.464 e. The second-order valence-electron chi connectivity index (χ2n) is 3.94. The van der Waals surface area contributed by atoms with Gasteiger partial charge in [0.05, 0.1) is 7.11 Å². The van der Waals surface area contributed by atoms with E-state index in [0.717, 1.165) is 28.6 Å². The van der Waals surface area contributed by atoms with Crippen molar-refractivity contribution in [2.75, 3.05) is 12.9 Å². The number of hydrogen-bond donors (Lipinski definition) is 2. The molecule has 94 valence electrons. The van der Waals surface area contributed by atoms with Gasteiger partial charge >= 0.3 is 5.97 Å². The van der Waals surface area contributed by atoms with Crippen molar-refractivity contribution in [2.24, 2.45) is 0 Å². The van der Waals surface area contributed by atoms with Crippen molar-refractivity contribution in [2.45, 2.75) is 6.42 Å². The number of nitrogens with one attached hydrogen (secondary N) is 1. The predicted octanol–water partition coefficient (Wildman–Crippen LogP) is 3.29. The SMILES string of the molecule is COC(=O)c1cc2ccc(C=CCCS)cc2[nH]1. The Hall–Kier alpha value is -1.68. The zero-order chi connectivity index (χ0) is 13.0. The van der Waals surface area contributed by atoms with E-state index in [4.69, 9.17) is 0 Å². The molecule has 0 saturated heterocycles. The molecule has 4 heteroatoms. The van der Waals surface area contributed by atoms with Gasteiger partial charge in [0.25, 0.3) is 0 Å². The number of hydrogen-bond acceptors (Lipinski definition) is 3. The summed E-state index contributed by atoms with van der Waals surface area (Å²) in [6, 6.07) is 7.81. The van der Waals surface area contributed by atoms with Gasteiger partial charge in [-0.25, -0.2) is 4.79 Å². The minimum atomic E-state index is -0.349. The van der Waals surface area contributed by atoms with Crippen LogP contribution in [0.1, 0.15) is 22.5 Å². The molecule has 0 aliphatic rings. The molecule has 0 aliphatic heterocycles. The number of carbonyl (C=O) groups excluding carboxylic acids is 1. The first-order valence-corrected chi connectivity index (χ1v) is 6.36. The van der Waals surface area contributed by atoms with Gasteiger partial charge in [0.1, 0.15) is 5.69 Å². The molecular weight excluding hydrogens is 246 g/mol. The molecule has 0 bridgehead atoms. The standard InChI is InChI=1S/C14H15NO2S/c1-17-14(16)13-9-11-6-5-10(4-2-3-7-18)8-12(11)15-13/h2,4-6,8-9,15,18H,3,7H2,1H3. The number of aromatic amines is 1. The van der Waals surface area contributed by atoms with Crippen molar-refractivity contribution in [3.05, 3.63) is 41.6 Å². The van der Waals surface area contributed by atoms with Crippen molar-refractivity contribution in [3.63, 3.8) is 0 Å². The lowest BCUT2D eigenvalue weighted by Gasteiger charge is -1.94. The maximum Gasteiger partial charge on any atom is 0.354 e. The van der Waals surface area contributed by atoms with Crippen molar-refractivity contribution in [1.29, 1.82) is 0 Å². The van der Waals surface area contributed by atoms with Crippen molar-refractivity contribution in [1.82, 2.24) is 4.98 Å². The highest BCUT2D eigenvalue weighted by molar-refractivity contribution is 7.80. The van der Waals surface area contributed by atoms with E-state index in [9.17, 15) is 4.79 Å². The van der Waals surface area contributed by atoms with E-state index in [1.807, 2.05) is 24.3 Å². The Morgan fingerprint density at radius 1 is 1.44 bits per heavy atom. The van der Waals surface area contributed by atoms with E-state index in [1.165, 1.54) is 7.11 Å². The number of allylic oxidation sites excluding steroid dienone is 1. The van der Waals surface area contributed by atoms with Crippen LogP contribution < -0.4 is 0 Å². The monoisotopic (exact) mass is 261 g/mol. The lowest BCUT2D eigenvalue weighted by molar-refractivity contribution is 0.0595. The van der Waals surface area contributed by atoms with Gasteiger partial charge in [0.15, 0.2) is 0 Å². The van der Waals surface area contributed by atoms with Gasteiger partial charge < -0.3 is 9.72 Å². The number of rotatable bonds is 4. The number of thiol groups is 1. The van der Waals surface area contributed by atoms with E-state index < -0.39 is 0 Å². The summed E-state index contributed by atoms with van der Waals surface area (Å²) >= 11 is 4.15. The second-order valence-corrected chi connectivity index (χ2v) is 4.38. The molecule has 0 amide bonds. The molecule has 0 radical (unpaired) electrons. The molecule has 0 fully saturated rings. The molecule has 1 aromatic carbocycles. The Morgan fingerprint density at radius 2 is 2.28 bits per heavy atom. The van der Waals surface area contributed by atoms with Crippen LogP contribution in [0.3, 0.4) is 0 Å². The molecule has 0 saturated carbocycles. The highest BCUT2D eigenvalue weighted by Gasteiger charge is 2.08. The molecule has 1 N–H and O–H groups in total. The van der Waals surface area contributed by atoms with E-state index >= 15 is 0 Å². The lowest BCUT2D eigenvalue weighted by atomic mass is 10.1. The van der Waals surface area contributed by atoms with E-state index in [1.54, 1.807) is 6.07 Å². The van der Waals surface area contributed by atoms with Gasteiger partial charge in [0.2, 0.25) is 0 Å². The Kier molecular flexibility index (Phi) is 4.10. The quantitative estimate of drug-likeness (QED) is 0.655. The number of H-pyrrole nitrogens is 1. The van der Waals surface area contributed by atoms with Crippen LogP contribution in [-0.4, -0.2) is 23.8 Å². The summed E-state index contributed by atoms with van der Waals surface area (Å²) in [6.45, 7) is 0. The fourth-order valence-corrected chi connectivity index (χ4v) is 1.91. The zero-order valence-corrected chi connectivity index (χ0v) is 11.0. The van der Waals surface area contributed by atoms with Gasteiger partial charge in [-0.2, -0.15) is 12.6 Å². The smallest absolute Gasteiger partial charge is 0.354 e. The Bertz CT molecular complexity index is 586. The van der Waals surface area contributed by atoms with E-state index in [2.05, 4.69) is 28.4 Å². The molecule has 1 heterocycles. The van der Waals surface area contributed by atoms with Crippen LogP contribution >= 0.6 is 12.6 Å². The number of fused-ring (bicyclic) bond motifs is 1. The number of aromatic nitrogens is 1. The molecule has 0 spiro atoms. The van der Waals surface area contributed by atoms with Crippen LogP contribution in [0.2, 0.25) is 0 Å². The van der Waals surface area contributed by atoms with Gasteiger partial charge in [-0.3, -0.25) is 0 Å². The van der Waals surface area contributed by atoms with E-state index in [0.29, 0.717) is 5.69 Å². The summed E-state index contributed by atoms with van der Waals surface area (Å²) in [7, 11) is 1.37. The highest BCUT2D eigenvalue weighted by atomic mass is 32.1. The summed E-state index contributed by atoms with van der Waals surface area (Å²) < 4.78 is 4.68. The average Bonchev–Trinajstić information content (AvgIpc) is 2.81. The summed E-state index contributed by atoms with van der Waals surface area (Å²) in [5, 5.41) is 1.00. The molecule has 0 unspecified atom stereocenters. The van der Waals surface area contributed by atoms with Gasteiger partial charge in [0, 0.05) is 10.9 Å². The maximum atomic E-state index is 11.4.